The molecule has 100 valence electrons. The number of nitrogens with one attached hydrogen (secondary N) is 1. The van der Waals surface area contributed by atoms with Crippen LogP contribution in [0.2, 0.25) is 0 Å². The molecule has 19 heavy (non-hydrogen) atoms. The van der Waals surface area contributed by atoms with Crippen LogP contribution in [-0.4, -0.2) is 24.2 Å². The number of aromatic carboxylic acids is 1. The zero-order valence-corrected chi connectivity index (χ0v) is 11.1. The van der Waals surface area contributed by atoms with E-state index < -0.39 is 5.97 Å². The van der Waals surface area contributed by atoms with Crippen LogP contribution in [-0.2, 0) is 0 Å². The first kappa shape index (κ1) is 12.6. The van der Waals surface area contributed by atoms with E-state index in [1.165, 1.54) is 23.5 Å². The number of piperidine rings is 1. The van der Waals surface area contributed by atoms with Gasteiger partial charge in [0.15, 0.2) is 0 Å². The number of carboxylic acid groups (broad SMARTS) is 1. The largest absolute Gasteiger partial charge is 0.477 e. The predicted octanol–water partition coefficient (Wildman–Crippen LogP) is 3.21. The van der Waals surface area contributed by atoms with Crippen molar-refractivity contribution in [3.05, 3.63) is 34.5 Å². The van der Waals surface area contributed by atoms with Crippen LogP contribution in [0.5, 0.6) is 0 Å². The van der Waals surface area contributed by atoms with E-state index in [4.69, 9.17) is 0 Å². The van der Waals surface area contributed by atoms with Crippen molar-refractivity contribution in [1.82, 2.24) is 5.32 Å². The van der Waals surface area contributed by atoms with E-state index >= 15 is 0 Å². The molecule has 0 saturated carbocycles. The molecule has 0 radical (unpaired) electrons. The Labute approximate surface area is 114 Å². The summed E-state index contributed by atoms with van der Waals surface area (Å²) in [6.45, 7) is 1.78. The minimum atomic E-state index is -0.915. The van der Waals surface area contributed by atoms with E-state index in [0.717, 1.165) is 41.6 Å². The Morgan fingerprint density at radius 3 is 3.00 bits per heavy atom. The average molecular weight is 279 g/mol. The van der Waals surface area contributed by atoms with Crippen LogP contribution in [0, 0.1) is 5.82 Å². The lowest BCUT2D eigenvalue weighted by Crippen LogP contribution is -2.28. The van der Waals surface area contributed by atoms with E-state index in [1.807, 2.05) is 0 Å². The lowest BCUT2D eigenvalue weighted by atomic mass is 9.89. The third kappa shape index (κ3) is 2.24. The van der Waals surface area contributed by atoms with Gasteiger partial charge in [-0.2, -0.15) is 0 Å². The Bertz CT molecular complexity index is 632. The third-order valence-electron chi connectivity index (χ3n) is 3.59. The maximum absolute atomic E-state index is 13.3. The summed E-state index contributed by atoms with van der Waals surface area (Å²) in [6, 6.07) is 4.53. The van der Waals surface area contributed by atoms with E-state index in [9.17, 15) is 14.3 Å². The summed E-state index contributed by atoms with van der Waals surface area (Å²) in [7, 11) is 0. The van der Waals surface area contributed by atoms with Crippen LogP contribution >= 0.6 is 11.3 Å². The van der Waals surface area contributed by atoms with Crippen LogP contribution in [0.3, 0.4) is 0 Å². The van der Waals surface area contributed by atoms with Gasteiger partial charge < -0.3 is 10.4 Å². The molecular formula is C14H14FNO2S. The molecule has 1 unspecified atom stereocenters. The van der Waals surface area contributed by atoms with Gasteiger partial charge in [-0.1, -0.05) is 6.07 Å². The lowest BCUT2D eigenvalue weighted by molar-refractivity contribution is 0.0700. The highest BCUT2D eigenvalue weighted by molar-refractivity contribution is 7.21. The molecule has 1 saturated heterocycles. The topological polar surface area (TPSA) is 49.3 Å². The fourth-order valence-corrected chi connectivity index (χ4v) is 3.91. The first-order valence-corrected chi connectivity index (χ1v) is 7.14. The van der Waals surface area contributed by atoms with Crippen molar-refractivity contribution in [2.45, 2.75) is 18.8 Å². The number of hydrogen-bond donors (Lipinski definition) is 2. The quantitative estimate of drug-likeness (QED) is 0.887. The molecule has 2 N–H and O–H groups in total. The van der Waals surface area contributed by atoms with Gasteiger partial charge in [0, 0.05) is 11.2 Å². The molecule has 1 aliphatic heterocycles. The summed E-state index contributed by atoms with van der Waals surface area (Å²) in [5.41, 5.74) is 0.875. The third-order valence-corrected chi connectivity index (χ3v) is 4.75. The van der Waals surface area contributed by atoms with E-state index in [1.54, 1.807) is 6.07 Å². The second-order valence-electron chi connectivity index (χ2n) is 4.83. The molecule has 0 aliphatic carbocycles. The highest BCUT2D eigenvalue weighted by Crippen LogP contribution is 2.38. The van der Waals surface area contributed by atoms with Crippen LogP contribution in [0.4, 0.5) is 4.39 Å². The van der Waals surface area contributed by atoms with Gasteiger partial charge in [-0.05, 0) is 48.4 Å². The van der Waals surface area contributed by atoms with Crippen LogP contribution in [0.15, 0.2) is 18.2 Å². The summed E-state index contributed by atoms with van der Waals surface area (Å²) < 4.78 is 14.0. The number of rotatable bonds is 2. The maximum Gasteiger partial charge on any atom is 0.346 e. The first-order chi connectivity index (χ1) is 9.16. The second kappa shape index (κ2) is 4.90. The maximum atomic E-state index is 13.3. The van der Waals surface area contributed by atoms with E-state index in [-0.39, 0.29) is 11.7 Å². The van der Waals surface area contributed by atoms with Crippen molar-refractivity contribution in [3.63, 3.8) is 0 Å². The molecule has 1 aromatic carbocycles. The minimum absolute atomic E-state index is 0.207. The lowest BCUT2D eigenvalue weighted by Gasteiger charge is -2.23. The molecule has 2 heterocycles. The molecule has 0 spiro atoms. The summed E-state index contributed by atoms with van der Waals surface area (Å²) >= 11 is 1.17. The fourth-order valence-electron chi connectivity index (χ4n) is 2.75. The monoisotopic (exact) mass is 279 g/mol. The fraction of sp³-hybridized carbons (Fsp3) is 0.357. The number of carbonyl (C=O) groups is 1. The Balaban J connectivity index is 2.18. The molecule has 1 atom stereocenters. The van der Waals surface area contributed by atoms with Gasteiger partial charge in [0.2, 0.25) is 0 Å². The average Bonchev–Trinajstić information content (AvgIpc) is 2.78. The van der Waals surface area contributed by atoms with Crippen LogP contribution in [0.25, 0.3) is 10.1 Å². The molecule has 3 nitrogen and oxygen atoms in total. The Kier molecular flexibility index (Phi) is 3.24. The summed E-state index contributed by atoms with van der Waals surface area (Å²) in [5.74, 6) is -1.03. The minimum Gasteiger partial charge on any atom is -0.477 e. The molecule has 5 heteroatoms. The molecule has 0 bridgehead atoms. The Morgan fingerprint density at radius 1 is 1.47 bits per heavy atom. The van der Waals surface area contributed by atoms with Gasteiger partial charge in [0.25, 0.3) is 0 Å². The van der Waals surface area contributed by atoms with E-state index in [2.05, 4.69) is 5.32 Å². The summed E-state index contributed by atoms with van der Waals surface area (Å²) in [5, 5.41) is 13.6. The van der Waals surface area contributed by atoms with Gasteiger partial charge in [-0.15, -0.1) is 11.3 Å². The highest BCUT2D eigenvalue weighted by Gasteiger charge is 2.26. The van der Waals surface area contributed by atoms with Crippen molar-refractivity contribution in [2.24, 2.45) is 0 Å². The molecule has 1 aliphatic rings. The summed E-state index contributed by atoms with van der Waals surface area (Å²) in [4.78, 5) is 11.8. The van der Waals surface area contributed by atoms with Gasteiger partial charge in [0.05, 0.1) is 0 Å². The van der Waals surface area contributed by atoms with Crippen LogP contribution in [0.1, 0.15) is 34.0 Å². The van der Waals surface area contributed by atoms with Crippen molar-refractivity contribution < 1.29 is 14.3 Å². The second-order valence-corrected chi connectivity index (χ2v) is 5.89. The standard InChI is InChI=1S/C14H14FNO2S/c15-9-3-4-10-11(6-9)19-13(14(17)18)12(10)8-2-1-5-16-7-8/h3-4,6,8,16H,1-2,5,7H2,(H,17,18). The number of hydrogen-bond acceptors (Lipinski definition) is 3. The van der Waals surface area contributed by atoms with Gasteiger partial charge in [-0.25, -0.2) is 9.18 Å². The number of thiophene rings is 1. The zero-order valence-electron chi connectivity index (χ0n) is 10.3. The molecule has 3 rings (SSSR count). The van der Waals surface area contributed by atoms with Gasteiger partial charge in [-0.3, -0.25) is 0 Å². The predicted molar refractivity (Wildman–Crippen MR) is 73.6 cm³/mol. The molecule has 2 aromatic rings. The number of carboxylic acids is 1. The SMILES string of the molecule is O=C(O)c1sc2cc(F)ccc2c1C1CCCNC1. The van der Waals surface area contributed by atoms with Crippen LogP contribution < -0.4 is 5.32 Å². The molecular weight excluding hydrogens is 265 g/mol. The summed E-state index contributed by atoms with van der Waals surface area (Å²) in [6.07, 6.45) is 2.03. The first-order valence-electron chi connectivity index (χ1n) is 6.33. The number of halogens is 1. The van der Waals surface area contributed by atoms with Gasteiger partial charge >= 0.3 is 5.97 Å². The Hall–Kier alpha value is -1.46. The molecule has 1 fully saturated rings. The van der Waals surface area contributed by atoms with Gasteiger partial charge in [0.1, 0.15) is 10.7 Å². The van der Waals surface area contributed by atoms with Crippen molar-refractivity contribution in [1.29, 1.82) is 0 Å². The van der Waals surface area contributed by atoms with Crippen molar-refractivity contribution in [2.75, 3.05) is 13.1 Å². The van der Waals surface area contributed by atoms with Crippen molar-refractivity contribution in [3.8, 4) is 0 Å². The smallest absolute Gasteiger partial charge is 0.346 e. The Morgan fingerprint density at radius 2 is 2.32 bits per heavy atom. The van der Waals surface area contributed by atoms with Crippen molar-refractivity contribution >= 4 is 27.4 Å². The number of fused-ring (bicyclic) bond motifs is 1. The zero-order chi connectivity index (χ0) is 13.4. The molecule has 1 aromatic heterocycles. The van der Waals surface area contributed by atoms with E-state index in [0.29, 0.717) is 4.88 Å². The normalized spacial score (nSPS) is 19.7. The number of benzene rings is 1. The highest BCUT2D eigenvalue weighted by atomic mass is 32.1. The molecule has 0 amide bonds.